The van der Waals surface area contributed by atoms with Gasteiger partial charge >= 0.3 is 0 Å². The predicted octanol–water partition coefficient (Wildman–Crippen LogP) is 3.78. The zero-order chi connectivity index (χ0) is 19.2. The fraction of sp³-hybridized carbons (Fsp3) is 0.100. The van der Waals surface area contributed by atoms with Gasteiger partial charge in [0.2, 0.25) is 5.91 Å². The molecule has 0 spiro atoms. The summed E-state index contributed by atoms with van der Waals surface area (Å²) in [5.74, 6) is 0.00144. The Labute approximate surface area is 161 Å². The Kier molecular flexibility index (Phi) is 5.69. The molecule has 1 atom stereocenters. The lowest BCUT2D eigenvalue weighted by Gasteiger charge is -2.25. The average Bonchev–Trinajstić information content (AvgIpc) is 2.70. The molecule has 2 N–H and O–H groups in total. The van der Waals surface area contributed by atoms with Crippen molar-refractivity contribution in [1.82, 2.24) is 9.97 Å². The van der Waals surface area contributed by atoms with Crippen LogP contribution in [-0.4, -0.2) is 21.1 Å². The minimum atomic E-state index is -0.460. The first-order valence-corrected chi connectivity index (χ1v) is 9.11. The van der Waals surface area contributed by atoms with Crippen molar-refractivity contribution in [1.29, 1.82) is 5.26 Å². The number of anilines is 3. The number of hydrogen-bond acceptors (Lipinski definition) is 6. The number of thioether (sulfide) groups is 1. The van der Waals surface area contributed by atoms with E-state index in [-0.39, 0.29) is 17.3 Å². The Morgan fingerprint density at radius 3 is 2.15 bits per heavy atom. The summed E-state index contributed by atoms with van der Waals surface area (Å²) >= 11 is 1.20. The van der Waals surface area contributed by atoms with Crippen LogP contribution in [0.1, 0.15) is 12.5 Å². The van der Waals surface area contributed by atoms with E-state index in [1.165, 1.54) is 18.0 Å². The van der Waals surface area contributed by atoms with E-state index < -0.39 is 5.25 Å². The number of nitrogen functional groups attached to an aromatic ring is 1. The minimum absolute atomic E-state index is 0.107. The van der Waals surface area contributed by atoms with E-state index in [0.717, 1.165) is 11.4 Å². The second-order valence-corrected chi connectivity index (χ2v) is 6.98. The van der Waals surface area contributed by atoms with Crippen molar-refractivity contribution >= 4 is 34.9 Å². The SMILES string of the molecule is CC(Sc1ncc(C#N)c(N)n1)C(=O)N(c1ccccc1)c1ccccc1. The molecule has 0 aliphatic heterocycles. The highest BCUT2D eigenvalue weighted by atomic mass is 32.2. The monoisotopic (exact) mass is 375 g/mol. The summed E-state index contributed by atoms with van der Waals surface area (Å²) < 4.78 is 0. The third-order valence-electron chi connectivity index (χ3n) is 3.80. The fourth-order valence-electron chi connectivity index (χ4n) is 2.47. The van der Waals surface area contributed by atoms with Gasteiger partial charge in [0.05, 0.1) is 11.4 Å². The highest BCUT2D eigenvalue weighted by Crippen LogP contribution is 2.30. The first-order chi connectivity index (χ1) is 13.1. The molecule has 1 unspecified atom stereocenters. The number of nitrogens with two attached hydrogens (primary N) is 1. The Morgan fingerprint density at radius 2 is 1.67 bits per heavy atom. The molecule has 3 rings (SSSR count). The molecule has 0 saturated heterocycles. The molecule has 134 valence electrons. The van der Waals surface area contributed by atoms with Crippen molar-refractivity contribution in [2.24, 2.45) is 0 Å². The van der Waals surface area contributed by atoms with E-state index in [1.807, 2.05) is 66.7 Å². The zero-order valence-electron chi connectivity index (χ0n) is 14.6. The Hall–Kier alpha value is -3.37. The number of aromatic nitrogens is 2. The van der Waals surface area contributed by atoms with Gasteiger partial charge in [-0.2, -0.15) is 5.26 Å². The van der Waals surface area contributed by atoms with Crippen LogP contribution in [0.2, 0.25) is 0 Å². The summed E-state index contributed by atoms with van der Waals surface area (Å²) in [7, 11) is 0. The number of rotatable bonds is 5. The van der Waals surface area contributed by atoms with Crippen LogP contribution in [0.4, 0.5) is 17.2 Å². The molecular formula is C20H17N5OS. The molecule has 1 heterocycles. The maximum atomic E-state index is 13.2. The molecule has 0 saturated carbocycles. The van der Waals surface area contributed by atoms with Gasteiger partial charge in [0, 0.05) is 11.4 Å². The van der Waals surface area contributed by atoms with Gasteiger partial charge in [0.1, 0.15) is 17.5 Å². The number of para-hydroxylation sites is 2. The molecule has 0 fully saturated rings. The largest absolute Gasteiger partial charge is 0.382 e. The molecular weight excluding hydrogens is 358 g/mol. The van der Waals surface area contributed by atoms with Gasteiger partial charge in [-0.05, 0) is 31.2 Å². The van der Waals surface area contributed by atoms with Crippen molar-refractivity contribution in [3.05, 3.63) is 72.4 Å². The van der Waals surface area contributed by atoms with Gasteiger partial charge in [0.15, 0.2) is 5.16 Å². The first kappa shape index (κ1) is 18.4. The van der Waals surface area contributed by atoms with Gasteiger partial charge in [-0.1, -0.05) is 48.2 Å². The van der Waals surface area contributed by atoms with E-state index in [2.05, 4.69) is 9.97 Å². The van der Waals surface area contributed by atoms with E-state index in [4.69, 9.17) is 11.0 Å². The molecule has 0 aliphatic rings. The minimum Gasteiger partial charge on any atom is -0.382 e. The predicted molar refractivity (Wildman–Crippen MR) is 107 cm³/mol. The van der Waals surface area contributed by atoms with E-state index in [0.29, 0.717) is 5.16 Å². The van der Waals surface area contributed by atoms with Crippen LogP contribution >= 0.6 is 11.8 Å². The number of amides is 1. The lowest BCUT2D eigenvalue weighted by atomic mass is 10.2. The number of nitrogens with zero attached hydrogens (tertiary/aromatic N) is 4. The van der Waals surface area contributed by atoms with Crippen molar-refractivity contribution in [3.8, 4) is 6.07 Å². The fourth-order valence-corrected chi connectivity index (χ4v) is 3.26. The van der Waals surface area contributed by atoms with Gasteiger partial charge in [0.25, 0.3) is 0 Å². The molecule has 2 aromatic carbocycles. The maximum Gasteiger partial charge on any atom is 0.244 e. The molecule has 0 aliphatic carbocycles. The van der Waals surface area contributed by atoms with Crippen molar-refractivity contribution in [3.63, 3.8) is 0 Å². The van der Waals surface area contributed by atoms with Crippen molar-refractivity contribution < 1.29 is 4.79 Å². The van der Waals surface area contributed by atoms with Crippen LogP contribution in [0.15, 0.2) is 72.0 Å². The molecule has 3 aromatic rings. The van der Waals surface area contributed by atoms with E-state index in [9.17, 15) is 4.79 Å². The number of nitriles is 1. The Bertz CT molecular complexity index is 933. The summed E-state index contributed by atoms with van der Waals surface area (Å²) in [6.45, 7) is 1.80. The second kappa shape index (κ2) is 8.34. The van der Waals surface area contributed by atoms with Crippen LogP contribution in [-0.2, 0) is 4.79 Å². The molecule has 7 heteroatoms. The Balaban J connectivity index is 1.88. The summed E-state index contributed by atoms with van der Waals surface area (Å²) in [5.41, 5.74) is 7.52. The number of carbonyl (C=O) groups excluding carboxylic acids is 1. The zero-order valence-corrected chi connectivity index (χ0v) is 15.4. The highest BCUT2D eigenvalue weighted by molar-refractivity contribution is 8.00. The maximum absolute atomic E-state index is 13.2. The third kappa shape index (κ3) is 4.25. The normalized spacial score (nSPS) is 11.4. The standard InChI is InChI=1S/C20H17N5OS/c1-14(27-20-23-13-15(12-21)18(22)24-20)19(26)25(16-8-4-2-5-9-16)17-10-6-3-7-11-17/h2-11,13-14H,1H3,(H2,22,23,24). The van der Waals surface area contributed by atoms with Crippen LogP contribution < -0.4 is 10.6 Å². The van der Waals surface area contributed by atoms with Crippen LogP contribution in [0, 0.1) is 11.3 Å². The number of carbonyl (C=O) groups is 1. The Morgan fingerprint density at radius 1 is 1.11 bits per heavy atom. The second-order valence-electron chi connectivity index (χ2n) is 5.67. The molecule has 1 amide bonds. The van der Waals surface area contributed by atoms with Crippen LogP contribution in [0.5, 0.6) is 0 Å². The molecule has 0 bridgehead atoms. The number of hydrogen-bond donors (Lipinski definition) is 1. The van der Waals surface area contributed by atoms with Crippen molar-refractivity contribution in [2.45, 2.75) is 17.3 Å². The summed E-state index contributed by atoms with van der Waals surface area (Å²) in [6, 6.07) is 20.8. The quantitative estimate of drug-likeness (QED) is 0.538. The van der Waals surface area contributed by atoms with Crippen LogP contribution in [0.25, 0.3) is 0 Å². The summed E-state index contributed by atoms with van der Waals surface area (Å²) in [4.78, 5) is 23.1. The van der Waals surface area contributed by atoms with Crippen LogP contribution in [0.3, 0.4) is 0 Å². The molecule has 27 heavy (non-hydrogen) atoms. The van der Waals surface area contributed by atoms with Gasteiger partial charge < -0.3 is 5.73 Å². The van der Waals surface area contributed by atoms with E-state index >= 15 is 0 Å². The lowest BCUT2D eigenvalue weighted by Crippen LogP contribution is -2.32. The third-order valence-corrected chi connectivity index (χ3v) is 4.76. The van der Waals surface area contributed by atoms with Crippen molar-refractivity contribution in [2.75, 3.05) is 10.6 Å². The van der Waals surface area contributed by atoms with Gasteiger partial charge in [-0.15, -0.1) is 0 Å². The number of benzene rings is 2. The smallest absolute Gasteiger partial charge is 0.244 e. The lowest BCUT2D eigenvalue weighted by molar-refractivity contribution is -0.117. The molecule has 1 aromatic heterocycles. The first-order valence-electron chi connectivity index (χ1n) is 8.23. The summed E-state index contributed by atoms with van der Waals surface area (Å²) in [5, 5.41) is 8.82. The summed E-state index contributed by atoms with van der Waals surface area (Å²) in [6.07, 6.45) is 1.37. The average molecular weight is 375 g/mol. The molecule has 0 radical (unpaired) electrons. The molecule has 6 nitrogen and oxygen atoms in total. The van der Waals surface area contributed by atoms with Gasteiger partial charge in [-0.25, -0.2) is 9.97 Å². The van der Waals surface area contributed by atoms with E-state index in [1.54, 1.807) is 11.8 Å². The highest BCUT2D eigenvalue weighted by Gasteiger charge is 2.25. The topological polar surface area (TPSA) is 95.9 Å². The van der Waals surface area contributed by atoms with Gasteiger partial charge in [-0.3, -0.25) is 9.69 Å².